The van der Waals surface area contributed by atoms with Gasteiger partial charge in [0.05, 0.1) is 49.0 Å². The molecular weight excluding hydrogens is 604 g/mol. The zero-order chi connectivity index (χ0) is 32.5. The van der Waals surface area contributed by atoms with E-state index in [9.17, 15) is 29.4 Å². The largest absolute Gasteiger partial charge is 0.480 e. The molecule has 3 heterocycles. The van der Waals surface area contributed by atoms with E-state index in [0.717, 1.165) is 11.1 Å². The summed E-state index contributed by atoms with van der Waals surface area (Å²) in [5.41, 5.74) is 10.7. The molecule has 0 saturated carbocycles. The molecule has 0 radical (unpaired) electrons. The van der Waals surface area contributed by atoms with Gasteiger partial charge < -0.3 is 26.2 Å². The van der Waals surface area contributed by atoms with E-state index in [-0.39, 0.29) is 13.1 Å². The highest BCUT2D eigenvalue weighted by molar-refractivity contribution is 7.13. The van der Waals surface area contributed by atoms with Gasteiger partial charge in [-0.05, 0) is 53.9 Å². The third-order valence-corrected chi connectivity index (χ3v) is 7.19. The van der Waals surface area contributed by atoms with Crippen LogP contribution in [-0.4, -0.2) is 95.2 Å². The monoisotopic (exact) mass is 634 g/mol. The average molecular weight is 635 g/mol. The fourth-order valence-corrected chi connectivity index (χ4v) is 5.37. The van der Waals surface area contributed by atoms with Crippen LogP contribution in [0.25, 0.3) is 22.1 Å². The highest BCUT2D eigenvalue weighted by atomic mass is 32.1. The second-order valence-corrected chi connectivity index (χ2v) is 11.0. The Hall–Kier alpha value is -5.25. The van der Waals surface area contributed by atoms with E-state index in [4.69, 9.17) is 25.9 Å². The van der Waals surface area contributed by atoms with Crippen molar-refractivity contribution in [1.29, 1.82) is 0 Å². The average Bonchev–Trinajstić information content (AvgIpc) is 3.44. The number of thiazole rings is 1. The molecule has 0 fully saturated rings. The molecule has 1 aromatic carbocycles. The fraction of sp³-hybridized carbons (Fsp3) is 0.233. The number of anilines is 1. The van der Waals surface area contributed by atoms with Crippen molar-refractivity contribution in [1.82, 2.24) is 24.8 Å². The Morgan fingerprint density at radius 2 is 1.20 bits per heavy atom. The number of nitrogen functional groups attached to an aromatic ring is 1. The van der Waals surface area contributed by atoms with Crippen molar-refractivity contribution in [3.63, 3.8) is 0 Å². The summed E-state index contributed by atoms with van der Waals surface area (Å²) < 4.78 is 0. The van der Waals surface area contributed by atoms with Crippen LogP contribution in [0.4, 0.5) is 5.69 Å². The Kier molecular flexibility index (Phi) is 10.9. The van der Waals surface area contributed by atoms with E-state index < -0.39 is 50.1 Å². The topological polar surface area (TPSA) is 220 Å². The van der Waals surface area contributed by atoms with Crippen molar-refractivity contribution in [2.45, 2.75) is 19.5 Å². The number of aromatic nitrogens is 3. The van der Waals surface area contributed by atoms with Crippen molar-refractivity contribution in [3.8, 4) is 22.1 Å². The Balaban J connectivity index is 1.65. The summed E-state index contributed by atoms with van der Waals surface area (Å²) in [6.07, 6.45) is 0.506. The molecule has 45 heavy (non-hydrogen) atoms. The lowest BCUT2D eigenvalue weighted by atomic mass is 10.0. The van der Waals surface area contributed by atoms with Crippen LogP contribution in [0.2, 0.25) is 0 Å². The van der Waals surface area contributed by atoms with Crippen LogP contribution in [0.5, 0.6) is 0 Å². The van der Waals surface area contributed by atoms with Crippen LogP contribution in [0.1, 0.15) is 22.5 Å². The SMILES string of the molecule is Nc1ccc(Cc2cc(CN(CC(=O)O)CC(=O)O)nc(-c3nc(-c4cccc(CN(CC(=O)O)CC(=O)O)n4)cs3)c2)cc1. The summed E-state index contributed by atoms with van der Waals surface area (Å²) in [4.78, 5) is 61.7. The van der Waals surface area contributed by atoms with Gasteiger partial charge in [-0.1, -0.05) is 18.2 Å². The minimum atomic E-state index is -1.16. The fourth-order valence-electron chi connectivity index (χ4n) is 4.59. The van der Waals surface area contributed by atoms with Crippen molar-refractivity contribution in [3.05, 3.63) is 82.5 Å². The Labute approximate surface area is 261 Å². The van der Waals surface area contributed by atoms with Crippen LogP contribution in [-0.2, 0) is 38.7 Å². The standard InChI is InChI=1S/C30H30N6O8S/c31-20-6-4-18(5-7-20)8-19-9-22(12-36(15-28(41)42)16-29(43)44)33-24(10-19)30-34-25(17-45-30)23-3-1-2-21(32-23)11-35(13-26(37)38)14-27(39)40/h1-7,9-10,17H,8,11-16,31H2,(H,37,38)(H,39,40)(H,41,42)(H,43,44). The molecule has 0 spiro atoms. The van der Waals surface area contributed by atoms with Crippen molar-refractivity contribution >= 4 is 40.9 Å². The van der Waals surface area contributed by atoms with Crippen molar-refractivity contribution < 1.29 is 39.6 Å². The summed E-state index contributed by atoms with van der Waals surface area (Å²) in [7, 11) is 0. The maximum Gasteiger partial charge on any atom is 0.317 e. The molecule has 0 aliphatic heterocycles. The molecular formula is C30H30N6O8S. The molecule has 4 aromatic rings. The number of hydrogen-bond acceptors (Lipinski definition) is 11. The van der Waals surface area contributed by atoms with Crippen molar-refractivity contribution in [2.24, 2.45) is 0 Å². The first kappa shape index (κ1) is 32.7. The van der Waals surface area contributed by atoms with Crippen LogP contribution in [0.3, 0.4) is 0 Å². The lowest BCUT2D eigenvalue weighted by Gasteiger charge is -2.18. The quantitative estimate of drug-likeness (QED) is 0.112. The number of carboxylic acid groups (broad SMARTS) is 4. The number of aliphatic carboxylic acids is 4. The lowest BCUT2D eigenvalue weighted by Crippen LogP contribution is -2.34. The van der Waals surface area contributed by atoms with E-state index in [1.807, 2.05) is 18.2 Å². The summed E-state index contributed by atoms with van der Waals surface area (Å²) in [6, 6.07) is 16.1. The summed E-state index contributed by atoms with van der Waals surface area (Å²) >= 11 is 1.30. The van der Waals surface area contributed by atoms with Gasteiger partial charge in [-0.2, -0.15) is 0 Å². The minimum absolute atomic E-state index is 0.00468. The molecule has 14 nitrogen and oxygen atoms in total. The normalized spacial score (nSPS) is 11.2. The second-order valence-electron chi connectivity index (χ2n) is 10.2. The maximum atomic E-state index is 11.4. The number of carboxylic acids is 4. The molecule has 3 aromatic heterocycles. The van der Waals surface area contributed by atoms with Gasteiger partial charge in [-0.25, -0.2) is 15.0 Å². The van der Waals surface area contributed by atoms with Crippen LogP contribution >= 0.6 is 11.3 Å². The highest BCUT2D eigenvalue weighted by Gasteiger charge is 2.18. The van der Waals surface area contributed by atoms with E-state index in [1.165, 1.54) is 21.1 Å². The number of nitrogens with zero attached hydrogens (tertiary/aromatic N) is 5. The maximum absolute atomic E-state index is 11.4. The van der Waals surface area contributed by atoms with E-state index in [2.05, 4.69) is 4.98 Å². The number of rotatable bonds is 16. The molecule has 0 saturated heterocycles. The number of benzene rings is 1. The van der Waals surface area contributed by atoms with Gasteiger partial charge >= 0.3 is 23.9 Å². The number of pyridine rings is 2. The number of nitrogens with two attached hydrogens (primary N) is 1. The van der Waals surface area contributed by atoms with Gasteiger partial charge in [0, 0.05) is 24.2 Å². The zero-order valence-corrected chi connectivity index (χ0v) is 24.7. The third kappa shape index (κ3) is 10.2. The van der Waals surface area contributed by atoms with E-state index in [0.29, 0.717) is 45.6 Å². The molecule has 0 aliphatic carbocycles. The Bertz CT molecular complexity index is 1660. The van der Waals surface area contributed by atoms with Gasteiger partial charge in [0.25, 0.3) is 0 Å². The number of hydrogen-bond donors (Lipinski definition) is 5. The molecule has 15 heteroatoms. The van der Waals surface area contributed by atoms with Gasteiger partial charge in [0.15, 0.2) is 0 Å². The van der Waals surface area contributed by atoms with Gasteiger partial charge in [-0.15, -0.1) is 11.3 Å². The molecule has 0 bridgehead atoms. The van der Waals surface area contributed by atoms with Crippen LogP contribution < -0.4 is 5.73 Å². The first-order chi connectivity index (χ1) is 21.4. The van der Waals surface area contributed by atoms with Crippen LogP contribution in [0, 0.1) is 0 Å². The Morgan fingerprint density at radius 1 is 0.644 bits per heavy atom. The highest BCUT2D eigenvalue weighted by Crippen LogP contribution is 2.29. The lowest BCUT2D eigenvalue weighted by molar-refractivity contribution is -0.144. The molecule has 0 atom stereocenters. The number of carbonyl (C=O) groups is 4. The third-order valence-electron chi connectivity index (χ3n) is 6.33. The molecule has 0 amide bonds. The van der Waals surface area contributed by atoms with Gasteiger partial charge in [0.1, 0.15) is 10.7 Å². The van der Waals surface area contributed by atoms with Crippen LogP contribution in [0.15, 0.2) is 60.0 Å². The smallest absolute Gasteiger partial charge is 0.317 e. The van der Waals surface area contributed by atoms with Crippen molar-refractivity contribution in [2.75, 3.05) is 31.9 Å². The summed E-state index contributed by atoms with van der Waals surface area (Å²) in [6.45, 7) is -1.90. The molecule has 0 aliphatic rings. The molecule has 4 rings (SSSR count). The summed E-state index contributed by atoms with van der Waals surface area (Å²) in [5, 5.41) is 39.2. The summed E-state index contributed by atoms with van der Waals surface area (Å²) in [5.74, 6) is -4.64. The van der Waals surface area contributed by atoms with Gasteiger partial charge in [-0.3, -0.25) is 29.0 Å². The second kappa shape index (κ2) is 15.0. The molecule has 234 valence electrons. The van der Waals surface area contributed by atoms with Gasteiger partial charge in [0.2, 0.25) is 0 Å². The first-order valence-electron chi connectivity index (χ1n) is 13.5. The Morgan fingerprint density at radius 3 is 1.78 bits per heavy atom. The molecule has 6 N–H and O–H groups in total. The predicted molar refractivity (Wildman–Crippen MR) is 163 cm³/mol. The van der Waals surface area contributed by atoms with E-state index in [1.54, 1.807) is 41.8 Å². The first-order valence-corrected chi connectivity index (χ1v) is 14.4. The minimum Gasteiger partial charge on any atom is -0.480 e. The predicted octanol–water partition coefficient (Wildman–Crippen LogP) is 2.38. The zero-order valence-electron chi connectivity index (χ0n) is 23.9. The van der Waals surface area contributed by atoms with E-state index >= 15 is 0 Å². The molecule has 0 unspecified atom stereocenters.